The van der Waals surface area contributed by atoms with Gasteiger partial charge in [-0.2, -0.15) is 0 Å². The van der Waals surface area contributed by atoms with E-state index >= 15 is 0 Å². The lowest BCUT2D eigenvalue weighted by Gasteiger charge is -2.03. The Morgan fingerprint density at radius 1 is 1.40 bits per heavy atom. The first kappa shape index (κ1) is 13.4. The molecule has 2 aromatic heterocycles. The number of hydrogen-bond donors (Lipinski definition) is 1. The van der Waals surface area contributed by atoms with Gasteiger partial charge in [-0.1, -0.05) is 0 Å². The van der Waals surface area contributed by atoms with Crippen molar-refractivity contribution in [3.63, 3.8) is 0 Å². The van der Waals surface area contributed by atoms with E-state index in [2.05, 4.69) is 20.9 Å². The van der Waals surface area contributed by atoms with Gasteiger partial charge >= 0.3 is 0 Å². The molecule has 1 aromatic carbocycles. The molecule has 0 radical (unpaired) electrons. The zero-order valence-electron chi connectivity index (χ0n) is 10.8. The Hall–Kier alpha value is -1.59. The summed E-state index contributed by atoms with van der Waals surface area (Å²) in [4.78, 5) is 15.7. The zero-order chi connectivity index (χ0) is 14.1. The number of benzene rings is 1. The summed E-state index contributed by atoms with van der Waals surface area (Å²) in [6.45, 7) is 2.55. The van der Waals surface area contributed by atoms with Gasteiger partial charge in [-0.3, -0.25) is 4.79 Å². The SMILES string of the molecule is CCOc1ccc2[nH]cc(C(=O)c3csc(Br)c3)c2c1. The topological polar surface area (TPSA) is 42.1 Å². The Balaban J connectivity index is 2.06. The second-order valence-corrected chi connectivity index (χ2v) is 6.60. The molecular formula is C15H12BrNO2S. The zero-order valence-corrected chi connectivity index (χ0v) is 13.2. The fourth-order valence-electron chi connectivity index (χ4n) is 2.13. The molecule has 0 saturated carbocycles. The van der Waals surface area contributed by atoms with Gasteiger partial charge in [-0.05, 0) is 47.1 Å². The van der Waals surface area contributed by atoms with Crippen LogP contribution in [0.2, 0.25) is 0 Å². The van der Waals surface area contributed by atoms with Crippen LogP contribution in [0.15, 0.2) is 39.6 Å². The molecule has 0 unspecified atom stereocenters. The van der Waals surface area contributed by atoms with E-state index in [-0.39, 0.29) is 5.78 Å². The maximum atomic E-state index is 12.5. The van der Waals surface area contributed by atoms with Crippen molar-refractivity contribution in [2.24, 2.45) is 0 Å². The van der Waals surface area contributed by atoms with Crippen LogP contribution in [0.3, 0.4) is 0 Å². The summed E-state index contributed by atoms with van der Waals surface area (Å²) in [5.41, 5.74) is 2.31. The molecule has 0 aliphatic heterocycles. The van der Waals surface area contributed by atoms with Gasteiger partial charge in [0.05, 0.1) is 10.4 Å². The number of ketones is 1. The summed E-state index contributed by atoms with van der Waals surface area (Å²) in [5.74, 6) is 0.798. The van der Waals surface area contributed by atoms with Gasteiger partial charge in [0, 0.05) is 33.6 Å². The van der Waals surface area contributed by atoms with Gasteiger partial charge in [0.1, 0.15) is 5.75 Å². The number of thiophene rings is 1. The van der Waals surface area contributed by atoms with Crippen LogP contribution in [0.4, 0.5) is 0 Å². The van der Waals surface area contributed by atoms with E-state index in [4.69, 9.17) is 4.74 Å². The molecule has 3 nitrogen and oxygen atoms in total. The van der Waals surface area contributed by atoms with Crippen molar-refractivity contribution in [3.8, 4) is 5.75 Å². The fourth-order valence-corrected chi connectivity index (χ4v) is 3.27. The van der Waals surface area contributed by atoms with E-state index < -0.39 is 0 Å². The van der Waals surface area contributed by atoms with Crippen molar-refractivity contribution in [1.29, 1.82) is 0 Å². The van der Waals surface area contributed by atoms with Gasteiger partial charge in [0.25, 0.3) is 0 Å². The van der Waals surface area contributed by atoms with Crippen LogP contribution < -0.4 is 4.74 Å². The minimum absolute atomic E-state index is 0.0202. The predicted octanol–water partition coefficient (Wildman–Crippen LogP) is 4.62. The Morgan fingerprint density at radius 3 is 2.95 bits per heavy atom. The van der Waals surface area contributed by atoms with Crippen molar-refractivity contribution in [1.82, 2.24) is 4.98 Å². The molecule has 102 valence electrons. The summed E-state index contributed by atoms with van der Waals surface area (Å²) in [7, 11) is 0. The summed E-state index contributed by atoms with van der Waals surface area (Å²) >= 11 is 4.89. The Morgan fingerprint density at radius 2 is 2.25 bits per heavy atom. The monoisotopic (exact) mass is 349 g/mol. The molecule has 0 aliphatic rings. The molecule has 1 N–H and O–H groups in total. The van der Waals surface area contributed by atoms with Crippen LogP contribution >= 0.6 is 27.3 Å². The summed E-state index contributed by atoms with van der Waals surface area (Å²) < 4.78 is 6.45. The highest BCUT2D eigenvalue weighted by Crippen LogP contribution is 2.28. The lowest BCUT2D eigenvalue weighted by atomic mass is 10.1. The van der Waals surface area contributed by atoms with E-state index in [0.717, 1.165) is 20.4 Å². The number of hydrogen-bond acceptors (Lipinski definition) is 3. The third kappa shape index (κ3) is 2.39. The maximum Gasteiger partial charge on any atom is 0.196 e. The highest BCUT2D eigenvalue weighted by atomic mass is 79.9. The molecule has 0 amide bonds. The Labute approximate surface area is 128 Å². The van der Waals surface area contributed by atoms with E-state index in [1.165, 1.54) is 11.3 Å². The Bertz CT molecular complexity index is 775. The number of H-pyrrole nitrogens is 1. The average molecular weight is 350 g/mol. The number of aromatic nitrogens is 1. The van der Waals surface area contributed by atoms with Gasteiger partial charge in [-0.25, -0.2) is 0 Å². The summed E-state index contributed by atoms with van der Waals surface area (Å²) in [6.07, 6.45) is 1.76. The van der Waals surface area contributed by atoms with Crippen LogP contribution in [0.1, 0.15) is 22.8 Å². The molecule has 3 aromatic rings. The molecule has 0 saturated heterocycles. The van der Waals surface area contributed by atoms with Crippen LogP contribution in [0.25, 0.3) is 10.9 Å². The fraction of sp³-hybridized carbons (Fsp3) is 0.133. The third-order valence-electron chi connectivity index (χ3n) is 3.04. The van der Waals surface area contributed by atoms with Crippen molar-refractivity contribution in [3.05, 3.63) is 50.8 Å². The number of fused-ring (bicyclic) bond motifs is 1. The molecule has 20 heavy (non-hydrogen) atoms. The molecule has 0 spiro atoms. The van der Waals surface area contributed by atoms with Gasteiger partial charge < -0.3 is 9.72 Å². The number of ether oxygens (including phenoxy) is 1. The quantitative estimate of drug-likeness (QED) is 0.698. The van der Waals surface area contributed by atoms with Gasteiger partial charge in [-0.15, -0.1) is 11.3 Å². The van der Waals surface area contributed by atoms with Crippen LogP contribution in [0.5, 0.6) is 5.75 Å². The van der Waals surface area contributed by atoms with Gasteiger partial charge in [0.2, 0.25) is 0 Å². The average Bonchev–Trinajstić information content (AvgIpc) is 3.04. The molecule has 3 rings (SSSR count). The molecule has 0 bridgehead atoms. The predicted molar refractivity (Wildman–Crippen MR) is 84.9 cm³/mol. The first-order valence-corrected chi connectivity index (χ1v) is 7.89. The minimum atomic E-state index is 0.0202. The van der Waals surface area contributed by atoms with Crippen molar-refractivity contribution >= 4 is 44.0 Å². The number of aromatic amines is 1. The van der Waals surface area contributed by atoms with E-state index in [0.29, 0.717) is 17.7 Å². The van der Waals surface area contributed by atoms with E-state index in [9.17, 15) is 4.79 Å². The first-order valence-electron chi connectivity index (χ1n) is 6.21. The number of carbonyl (C=O) groups excluding carboxylic acids is 1. The van der Waals surface area contributed by atoms with Crippen molar-refractivity contribution < 1.29 is 9.53 Å². The van der Waals surface area contributed by atoms with Crippen LogP contribution in [0, 0.1) is 0 Å². The normalized spacial score (nSPS) is 10.9. The molecular weight excluding hydrogens is 338 g/mol. The van der Waals surface area contributed by atoms with E-state index in [1.807, 2.05) is 36.6 Å². The van der Waals surface area contributed by atoms with Crippen LogP contribution in [-0.2, 0) is 0 Å². The summed E-state index contributed by atoms with van der Waals surface area (Å²) in [6, 6.07) is 7.58. The lowest BCUT2D eigenvalue weighted by molar-refractivity contribution is 0.104. The van der Waals surface area contributed by atoms with Crippen molar-refractivity contribution in [2.75, 3.05) is 6.61 Å². The number of carbonyl (C=O) groups is 1. The Kier molecular flexibility index (Phi) is 3.63. The highest BCUT2D eigenvalue weighted by molar-refractivity contribution is 9.11. The largest absolute Gasteiger partial charge is 0.494 e. The highest BCUT2D eigenvalue weighted by Gasteiger charge is 2.16. The number of nitrogens with one attached hydrogen (secondary N) is 1. The minimum Gasteiger partial charge on any atom is -0.494 e. The maximum absolute atomic E-state index is 12.5. The number of rotatable bonds is 4. The second-order valence-electron chi connectivity index (χ2n) is 4.31. The lowest BCUT2D eigenvalue weighted by Crippen LogP contribution is -1.98. The molecule has 0 atom stereocenters. The van der Waals surface area contributed by atoms with Gasteiger partial charge in [0.15, 0.2) is 5.78 Å². The standard InChI is InChI=1S/C15H12BrNO2S/c1-2-19-10-3-4-13-11(6-10)12(7-17-13)15(18)9-5-14(16)20-8-9/h3-8,17H,2H2,1H3. The smallest absolute Gasteiger partial charge is 0.196 e. The second kappa shape index (κ2) is 5.42. The number of halogens is 1. The molecule has 0 aliphatic carbocycles. The molecule has 2 heterocycles. The first-order chi connectivity index (χ1) is 9.69. The van der Waals surface area contributed by atoms with E-state index in [1.54, 1.807) is 6.20 Å². The van der Waals surface area contributed by atoms with Crippen LogP contribution in [-0.4, -0.2) is 17.4 Å². The van der Waals surface area contributed by atoms with Crippen molar-refractivity contribution in [2.45, 2.75) is 6.92 Å². The third-order valence-corrected chi connectivity index (χ3v) is 4.54. The summed E-state index contributed by atoms with van der Waals surface area (Å²) in [5, 5.41) is 2.75. The molecule has 0 fully saturated rings. The molecule has 5 heteroatoms.